The maximum absolute atomic E-state index is 8.43. The average molecular weight is 283 g/mol. The van der Waals surface area contributed by atoms with Gasteiger partial charge in [-0.1, -0.05) is 23.2 Å². The van der Waals surface area contributed by atoms with E-state index in [9.17, 15) is 0 Å². The predicted molar refractivity (Wildman–Crippen MR) is 66.0 cm³/mol. The Morgan fingerprint density at radius 3 is 1.94 bits per heavy atom. The number of hydrogen-bond donors (Lipinski definition) is 4. The fraction of sp³-hybridized carbons (Fsp3) is 0.333. The first kappa shape index (κ1) is 16.5. The van der Waals surface area contributed by atoms with Crippen LogP contribution in [0.1, 0.15) is 6.92 Å². The third-order valence-corrected chi connectivity index (χ3v) is 1.78. The minimum absolute atomic E-state index is 0.139. The summed E-state index contributed by atoms with van der Waals surface area (Å²) >= 11 is 11.2. The minimum Gasteiger partial charge on any atom is -0.512 e. The molecule has 1 unspecified atom stereocenters. The zero-order chi connectivity index (χ0) is 13.4. The third-order valence-electron chi connectivity index (χ3n) is 1.34. The van der Waals surface area contributed by atoms with Crippen molar-refractivity contribution < 1.29 is 24.9 Å². The first-order chi connectivity index (χ1) is 7.85. The molecule has 0 aliphatic heterocycles. The highest BCUT2D eigenvalue weighted by molar-refractivity contribution is 6.36. The van der Waals surface area contributed by atoms with Gasteiger partial charge in [0.25, 0.3) is 0 Å². The van der Waals surface area contributed by atoms with Crippen LogP contribution in [-0.2, 0) is 0 Å². The molecule has 0 fully saturated rings. The fourth-order valence-electron chi connectivity index (χ4n) is 0.718. The summed E-state index contributed by atoms with van der Waals surface area (Å²) in [5.41, 5.74) is 0. The highest BCUT2D eigenvalue weighted by atomic mass is 35.5. The van der Waals surface area contributed by atoms with Crippen LogP contribution in [0.25, 0.3) is 0 Å². The minimum atomic E-state index is -1.86. The molecule has 0 saturated carbocycles. The lowest BCUT2D eigenvalue weighted by atomic mass is 10.2. The first-order valence-electron chi connectivity index (χ1n) is 4.63. The summed E-state index contributed by atoms with van der Waals surface area (Å²) in [5, 5.41) is 33.6. The fourth-order valence-corrected chi connectivity index (χ4v) is 1.22. The molecule has 0 saturated heterocycles. The Morgan fingerprint density at radius 1 is 1.24 bits per heavy atom. The van der Waals surface area contributed by atoms with Crippen LogP contribution in [0.15, 0.2) is 18.2 Å². The van der Waals surface area contributed by atoms with Gasteiger partial charge in [0.05, 0.1) is 12.7 Å². The number of rotatable bonds is 3. The molecule has 0 spiro atoms. The Labute approximate surface area is 109 Å². The predicted octanol–water partition coefficient (Wildman–Crippen LogP) is 0.701. The lowest BCUT2D eigenvalue weighted by Gasteiger charge is -2.04. The third kappa shape index (κ3) is 9.23. The molecule has 0 aromatic heterocycles. The molecule has 1 atom stereocenters. The summed E-state index contributed by atoms with van der Waals surface area (Å²) in [5.74, 6) is 0.211. The Balaban J connectivity index is 0.000000437. The summed E-state index contributed by atoms with van der Waals surface area (Å²) in [7, 11) is -1.86. The van der Waals surface area contributed by atoms with E-state index in [-0.39, 0.29) is 12.4 Å². The summed E-state index contributed by atoms with van der Waals surface area (Å²) < 4.78 is 4.52. The van der Waals surface area contributed by atoms with Gasteiger partial charge in [-0.3, -0.25) is 0 Å². The quantitative estimate of drug-likeness (QED) is 0.613. The van der Waals surface area contributed by atoms with Gasteiger partial charge in [0.1, 0.15) is 5.75 Å². The summed E-state index contributed by atoms with van der Waals surface area (Å²) in [6.07, 6.45) is -0.560. The van der Waals surface area contributed by atoms with Crippen LogP contribution in [0.5, 0.6) is 5.75 Å². The molecule has 0 radical (unpaired) electrons. The Hall–Kier alpha value is -0.495. The monoisotopic (exact) mass is 282 g/mol. The van der Waals surface area contributed by atoms with E-state index in [4.69, 9.17) is 43.5 Å². The van der Waals surface area contributed by atoms with Gasteiger partial charge in [-0.2, -0.15) is 0 Å². The summed E-state index contributed by atoms with van der Waals surface area (Å²) in [6.45, 7) is 1.39. The van der Waals surface area contributed by atoms with Crippen LogP contribution in [0.4, 0.5) is 0 Å². The average Bonchev–Trinajstić information content (AvgIpc) is 2.15. The second-order valence-electron chi connectivity index (χ2n) is 3.08. The smallest absolute Gasteiger partial charge is 0.512 e. The van der Waals surface area contributed by atoms with E-state index < -0.39 is 13.4 Å². The molecule has 5 nitrogen and oxygen atoms in total. The van der Waals surface area contributed by atoms with Crippen molar-refractivity contribution in [3.8, 4) is 5.75 Å². The first-order valence-corrected chi connectivity index (χ1v) is 5.38. The van der Waals surface area contributed by atoms with Crippen molar-refractivity contribution in [1.82, 2.24) is 0 Å². The topological polar surface area (TPSA) is 90.2 Å². The van der Waals surface area contributed by atoms with Gasteiger partial charge >= 0.3 is 7.32 Å². The van der Waals surface area contributed by atoms with Gasteiger partial charge in [-0.25, -0.2) is 0 Å². The Kier molecular flexibility index (Phi) is 8.32. The molecule has 1 aromatic carbocycles. The van der Waals surface area contributed by atoms with E-state index in [0.717, 1.165) is 0 Å². The van der Waals surface area contributed by atoms with Crippen LogP contribution in [0.3, 0.4) is 0 Å². The van der Waals surface area contributed by atoms with Crippen LogP contribution in [-0.4, -0.2) is 40.3 Å². The van der Waals surface area contributed by atoms with Crippen LogP contribution >= 0.6 is 23.2 Å². The molecule has 0 aliphatic rings. The number of hydrogen-bond acceptors (Lipinski definition) is 5. The molecule has 0 aliphatic carbocycles. The summed E-state index contributed by atoms with van der Waals surface area (Å²) in [6, 6.07) is 4.36. The highest BCUT2D eigenvalue weighted by Gasteiger charge is 2.11. The van der Waals surface area contributed by atoms with Crippen molar-refractivity contribution in [2.45, 2.75) is 13.0 Å². The van der Waals surface area contributed by atoms with Crippen molar-refractivity contribution in [2.75, 3.05) is 6.61 Å². The molecule has 0 amide bonds. The van der Waals surface area contributed by atoms with E-state index >= 15 is 0 Å². The standard InChI is InChI=1S/C6H5BCl2O3.C3H8O2/c8-4-1-5(9)3-6(2-4)12-7(10)11;1-3(5)2-4/h1-3,10-11H;3-5H,2H2,1H3. The maximum Gasteiger partial charge on any atom is 0.707 e. The van der Waals surface area contributed by atoms with E-state index in [0.29, 0.717) is 10.0 Å². The van der Waals surface area contributed by atoms with Gasteiger partial charge in [-0.15, -0.1) is 0 Å². The second-order valence-corrected chi connectivity index (χ2v) is 3.95. The van der Waals surface area contributed by atoms with Gasteiger partial charge in [-0.05, 0) is 25.1 Å². The molecule has 96 valence electrons. The van der Waals surface area contributed by atoms with Crippen molar-refractivity contribution in [2.24, 2.45) is 0 Å². The largest absolute Gasteiger partial charge is 0.707 e. The van der Waals surface area contributed by atoms with Gasteiger partial charge in [0.15, 0.2) is 0 Å². The zero-order valence-corrected chi connectivity index (χ0v) is 10.6. The van der Waals surface area contributed by atoms with E-state index in [1.807, 2.05) is 0 Å². The lowest BCUT2D eigenvalue weighted by molar-refractivity contribution is 0.110. The zero-order valence-electron chi connectivity index (χ0n) is 9.05. The number of benzene rings is 1. The van der Waals surface area contributed by atoms with Crippen molar-refractivity contribution in [3.63, 3.8) is 0 Å². The SMILES string of the molecule is CC(O)CO.OB(O)Oc1cc(Cl)cc(Cl)c1. The highest BCUT2D eigenvalue weighted by Crippen LogP contribution is 2.24. The lowest BCUT2D eigenvalue weighted by Crippen LogP contribution is -2.20. The Morgan fingerprint density at radius 2 is 1.65 bits per heavy atom. The second kappa shape index (κ2) is 8.57. The molecule has 1 rings (SSSR count). The molecular formula is C9H13BCl2O5. The van der Waals surface area contributed by atoms with Gasteiger partial charge in [0.2, 0.25) is 0 Å². The molecule has 1 aromatic rings. The van der Waals surface area contributed by atoms with Gasteiger partial charge in [0, 0.05) is 10.0 Å². The van der Waals surface area contributed by atoms with Crippen molar-refractivity contribution >= 4 is 30.5 Å². The maximum atomic E-state index is 8.43. The normalized spacial score (nSPS) is 11.2. The van der Waals surface area contributed by atoms with Crippen LogP contribution in [0, 0.1) is 0 Å². The van der Waals surface area contributed by atoms with Crippen LogP contribution < -0.4 is 4.65 Å². The van der Waals surface area contributed by atoms with Crippen LogP contribution in [0.2, 0.25) is 10.0 Å². The number of halogens is 2. The molecule has 0 bridgehead atoms. The number of aliphatic hydroxyl groups is 2. The Bertz CT molecular complexity index is 315. The molecule has 17 heavy (non-hydrogen) atoms. The van der Waals surface area contributed by atoms with Gasteiger partial charge < -0.3 is 24.9 Å². The van der Waals surface area contributed by atoms with E-state index in [1.165, 1.54) is 25.1 Å². The van der Waals surface area contributed by atoms with Crippen molar-refractivity contribution in [3.05, 3.63) is 28.2 Å². The van der Waals surface area contributed by atoms with Crippen molar-refractivity contribution in [1.29, 1.82) is 0 Å². The summed E-state index contributed by atoms with van der Waals surface area (Å²) in [4.78, 5) is 0. The molecular weight excluding hydrogens is 270 g/mol. The van der Waals surface area contributed by atoms with E-state index in [1.54, 1.807) is 0 Å². The number of aliphatic hydroxyl groups excluding tert-OH is 2. The molecule has 4 N–H and O–H groups in total. The molecule has 8 heteroatoms. The van der Waals surface area contributed by atoms with E-state index in [2.05, 4.69) is 4.65 Å². The molecule has 0 heterocycles.